The molecule has 2 N–H and O–H groups in total. The number of ether oxygens (including phenoxy) is 2. The summed E-state index contributed by atoms with van der Waals surface area (Å²) in [5.74, 6) is 1.88. The summed E-state index contributed by atoms with van der Waals surface area (Å²) >= 11 is 0. The molecule has 0 amide bonds. The Kier molecular flexibility index (Phi) is 4.24. The van der Waals surface area contributed by atoms with Crippen molar-refractivity contribution in [3.05, 3.63) is 83.4 Å². The number of aromatic hydroxyl groups is 2. The van der Waals surface area contributed by atoms with E-state index in [1.54, 1.807) is 37.4 Å². The molecule has 1 atom stereocenters. The Labute approximate surface area is 157 Å². The lowest BCUT2D eigenvalue weighted by molar-refractivity contribution is 0.259. The molecule has 4 rings (SSSR count). The van der Waals surface area contributed by atoms with Gasteiger partial charge in [0.1, 0.15) is 29.1 Å². The van der Waals surface area contributed by atoms with E-state index in [1.807, 2.05) is 43.3 Å². The van der Waals surface area contributed by atoms with Crippen LogP contribution in [0.15, 0.2) is 66.7 Å². The average molecular weight is 360 g/mol. The number of allylic oxidation sites excluding steroid dienone is 1. The van der Waals surface area contributed by atoms with E-state index in [2.05, 4.69) is 0 Å². The third-order valence-corrected chi connectivity index (χ3v) is 4.85. The van der Waals surface area contributed by atoms with Crippen molar-refractivity contribution in [1.82, 2.24) is 0 Å². The Bertz CT molecular complexity index is 1020. The Morgan fingerprint density at radius 1 is 0.889 bits per heavy atom. The number of hydrogen-bond donors (Lipinski definition) is 2. The van der Waals surface area contributed by atoms with Crippen molar-refractivity contribution in [1.29, 1.82) is 0 Å². The van der Waals surface area contributed by atoms with Gasteiger partial charge in [-0.25, -0.2) is 0 Å². The van der Waals surface area contributed by atoms with E-state index in [-0.39, 0.29) is 17.6 Å². The molecule has 0 bridgehead atoms. The standard InChI is InChI=1S/C23H20O4/c1-14-20-13-18(25)8-11-21(20)27-23(15-6-9-19(26-2)10-7-15)22(14)16-4-3-5-17(24)12-16/h3-13,23-25H,1-2H3. The fraction of sp³-hybridized carbons (Fsp3) is 0.130. The van der Waals surface area contributed by atoms with Crippen molar-refractivity contribution in [3.63, 3.8) is 0 Å². The molecule has 0 radical (unpaired) electrons. The molecule has 0 aliphatic carbocycles. The van der Waals surface area contributed by atoms with Crippen LogP contribution in [0.4, 0.5) is 0 Å². The highest BCUT2D eigenvalue weighted by molar-refractivity contribution is 5.95. The molecule has 0 aromatic heterocycles. The number of phenols is 2. The van der Waals surface area contributed by atoms with Gasteiger partial charge in [-0.15, -0.1) is 0 Å². The van der Waals surface area contributed by atoms with Gasteiger partial charge in [-0.2, -0.15) is 0 Å². The van der Waals surface area contributed by atoms with E-state index in [4.69, 9.17) is 9.47 Å². The lowest BCUT2D eigenvalue weighted by atomic mass is 9.86. The first-order valence-electron chi connectivity index (χ1n) is 8.71. The van der Waals surface area contributed by atoms with Crippen molar-refractivity contribution >= 4 is 11.1 Å². The van der Waals surface area contributed by atoms with Gasteiger partial charge in [0.2, 0.25) is 0 Å². The molecule has 27 heavy (non-hydrogen) atoms. The Balaban J connectivity index is 1.91. The minimum atomic E-state index is -0.338. The van der Waals surface area contributed by atoms with Gasteiger partial charge in [0, 0.05) is 11.1 Å². The number of rotatable bonds is 3. The smallest absolute Gasteiger partial charge is 0.150 e. The Morgan fingerprint density at radius 2 is 1.63 bits per heavy atom. The number of hydrogen-bond acceptors (Lipinski definition) is 4. The lowest BCUT2D eigenvalue weighted by Gasteiger charge is -2.31. The summed E-state index contributed by atoms with van der Waals surface area (Å²) in [6.07, 6.45) is -0.338. The molecule has 0 spiro atoms. The maximum atomic E-state index is 9.97. The highest BCUT2D eigenvalue weighted by atomic mass is 16.5. The van der Waals surface area contributed by atoms with Gasteiger partial charge in [0.15, 0.2) is 0 Å². The Hall–Kier alpha value is -3.40. The lowest BCUT2D eigenvalue weighted by Crippen LogP contribution is -2.16. The minimum absolute atomic E-state index is 0.190. The zero-order chi connectivity index (χ0) is 19.0. The summed E-state index contributed by atoms with van der Waals surface area (Å²) in [5, 5.41) is 19.9. The van der Waals surface area contributed by atoms with E-state index in [0.717, 1.165) is 39.3 Å². The zero-order valence-corrected chi connectivity index (χ0v) is 15.1. The van der Waals surface area contributed by atoms with Crippen LogP contribution in [0.5, 0.6) is 23.0 Å². The molecule has 4 heteroatoms. The molecule has 3 aromatic rings. The molecule has 136 valence electrons. The van der Waals surface area contributed by atoms with Gasteiger partial charge in [0.25, 0.3) is 0 Å². The van der Waals surface area contributed by atoms with Crippen LogP contribution in [0.25, 0.3) is 11.1 Å². The normalized spacial score (nSPS) is 15.9. The van der Waals surface area contributed by atoms with Crippen molar-refractivity contribution < 1.29 is 19.7 Å². The summed E-state index contributed by atoms with van der Waals surface area (Å²) in [5.41, 5.74) is 4.65. The predicted molar refractivity (Wildman–Crippen MR) is 105 cm³/mol. The number of methoxy groups -OCH3 is 1. The first-order valence-corrected chi connectivity index (χ1v) is 8.71. The third kappa shape index (κ3) is 3.10. The van der Waals surface area contributed by atoms with Gasteiger partial charge < -0.3 is 19.7 Å². The van der Waals surface area contributed by atoms with Crippen LogP contribution in [0.2, 0.25) is 0 Å². The molecule has 4 nitrogen and oxygen atoms in total. The Morgan fingerprint density at radius 3 is 2.33 bits per heavy atom. The molecule has 0 saturated carbocycles. The van der Waals surface area contributed by atoms with E-state index in [0.29, 0.717) is 0 Å². The maximum Gasteiger partial charge on any atom is 0.150 e. The van der Waals surface area contributed by atoms with Crippen LogP contribution in [-0.4, -0.2) is 17.3 Å². The molecular weight excluding hydrogens is 340 g/mol. The SMILES string of the molecule is COc1ccc(C2Oc3ccc(O)cc3C(C)=C2c2cccc(O)c2)cc1. The maximum absolute atomic E-state index is 9.97. The molecule has 1 unspecified atom stereocenters. The molecule has 0 saturated heterocycles. The fourth-order valence-electron chi connectivity index (χ4n) is 3.50. The van der Waals surface area contributed by atoms with Gasteiger partial charge in [-0.05, 0) is 66.1 Å². The molecule has 1 aliphatic rings. The van der Waals surface area contributed by atoms with Crippen LogP contribution in [-0.2, 0) is 0 Å². The molecule has 0 fully saturated rings. The van der Waals surface area contributed by atoms with Crippen LogP contribution in [0.1, 0.15) is 29.7 Å². The number of benzene rings is 3. The number of fused-ring (bicyclic) bond motifs is 1. The minimum Gasteiger partial charge on any atom is -0.508 e. The van der Waals surface area contributed by atoms with Crippen LogP contribution >= 0.6 is 0 Å². The van der Waals surface area contributed by atoms with E-state index in [9.17, 15) is 10.2 Å². The van der Waals surface area contributed by atoms with Gasteiger partial charge in [-0.3, -0.25) is 0 Å². The summed E-state index contributed by atoms with van der Waals surface area (Å²) in [6, 6.07) is 20.0. The third-order valence-electron chi connectivity index (χ3n) is 4.85. The summed E-state index contributed by atoms with van der Waals surface area (Å²) in [6.45, 7) is 2.01. The fourth-order valence-corrected chi connectivity index (χ4v) is 3.50. The topological polar surface area (TPSA) is 58.9 Å². The first kappa shape index (κ1) is 17.0. The molecule has 1 aliphatic heterocycles. The number of phenolic OH excluding ortho intramolecular Hbond substituents is 2. The highest BCUT2D eigenvalue weighted by Crippen LogP contribution is 2.47. The first-order chi connectivity index (χ1) is 13.1. The van der Waals surface area contributed by atoms with E-state index in [1.165, 1.54) is 0 Å². The van der Waals surface area contributed by atoms with E-state index >= 15 is 0 Å². The van der Waals surface area contributed by atoms with Crippen molar-refractivity contribution in [2.45, 2.75) is 13.0 Å². The predicted octanol–water partition coefficient (Wildman–Crippen LogP) is 5.17. The van der Waals surface area contributed by atoms with Crippen molar-refractivity contribution in [2.24, 2.45) is 0 Å². The summed E-state index contributed by atoms with van der Waals surface area (Å²) in [7, 11) is 1.64. The quantitative estimate of drug-likeness (QED) is 0.676. The van der Waals surface area contributed by atoms with Crippen molar-refractivity contribution in [2.75, 3.05) is 7.11 Å². The summed E-state index contributed by atoms with van der Waals surface area (Å²) < 4.78 is 11.6. The van der Waals surface area contributed by atoms with Gasteiger partial charge in [-0.1, -0.05) is 24.3 Å². The second-order valence-corrected chi connectivity index (χ2v) is 6.54. The average Bonchev–Trinajstić information content (AvgIpc) is 2.68. The second-order valence-electron chi connectivity index (χ2n) is 6.54. The van der Waals surface area contributed by atoms with Crippen LogP contribution < -0.4 is 9.47 Å². The van der Waals surface area contributed by atoms with Gasteiger partial charge >= 0.3 is 0 Å². The van der Waals surface area contributed by atoms with E-state index < -0.39 is 0 Å². The van der Waals surface area contributed by atoms with Gasteiger partial charge in [0.05, 0.1) is 7.11 Å². The molecule has 1 heterocycles. The largest absolute Gasteiger partial charge is 0.508 e. The highest BCUT2D eigenvalue weighted by Gasteiger charge is 2.29. The van der Waals surface area contributed by atoms with Crippen molar-refractivity contribution in [3.8, 4) is 23.0 Å². The monoisotopic (exact) mass is 360 g/mol. The molecule has 3 aromatic carbocycles. The molecular formula is C23H20O4. The van der Waals surface area contributed by atoms with Crippen LogP contribution in [0, 0.1) is 0 Å². The summed E-state index contributed by atoms with van der Waals surface area (Å²) in [4.78, 5) is 0. The van der Waals surface area contributed by atoms with Crippen LogP contribution in [0.3, 0.4) is 0 Å². The second kappa shape index (κ2) is 6.72. The zero-order valence-electron chi connectivity index (χ0n) is 15.1.